The maximum absolute atomic E-state index is 13.7. The molecule has 3 aromatic carbocycles. The first kappa shape index (κ1) is 20.9. The van der Waals surface area contributed by atoms with Gasteiger partial charge in [0.2, 0.25) is 5.91 Å². The number of ether oxygens (including phenoxy) is 2. The zero-order valence-corrected chi connectivity index (χ0v) is 18.7. The fourth-order valence-electron chi connectivity index (χ4n) is 3.76. The molecule has 6 nitrogen and oxygen atoms in total. The summed E-state index contributed by atoms with van der Waals surface area (Å²) in [5, 5.41) is 2.93. The lowest BCUT2D eigenvalue weighted by Crippen LogP contribution is -2.39. The van der Waals surface area contributed by atoms with Crippen LogP contribution in [-0.4, -0.2) is 37.5 Å². The van der Waals surface area contributed by atoms with Crippen LogP contribution in [0, 0.1) is 0 Å². The minimum absolute atomic E-state index is 0.0930. The average molecular weight is 481 g/mol. The lowest BCUT2D eigenvalue weighted by Gasteiger charge is -2.31. The van der Waals surface area contributed by atoms with E-state index in [9.17, 15) is 9.59 Å². The summed E-state index contributed by atoms with van der Waals surface area (Å²) in [7, 11) is 3.06. The molecule has 7 heteroatoms. The number of carbonyl (C=O) groups is 2. The molecule has 0 fully saturated rings. The molecule has 4 rings (SSSR count). The molecule has 1 heterocycles. The zero-order valence-electron chi connectivity index (χ0n) is 17.1. The first-order chi connectivity index (χ1) is 15.0. The van der Waals surface area contributed by atoms with Crippen molar-refractivity contribution < 1.29 is 19.1 Å². The van der Waals surface area contributed by atoms with Crippen LogP contribution in [0.25, 0.3) is 0 Å². The van der Waals surface area contributed by atoms with E-state index in [2.05, 4.69) is 21.2 Å². The molecule has 2 amide bonds. The first-order valence-corrected chi connectivity index (χ1v) is 10.5. The summed E-state index contributed by atoms with van der Waals surface area (Å²) in [6.07, 6.45) is 0. The van der Waals surface area contributed by atoms with Crippen molar-refractivity contribution in [3.8, 4) is 11.5 Å². The summed E-state index contributed by atoms with van der Waals surface area (Å²) in [5.41, 5.74) is 2.79. The van der Waals surface area contributed by atoms with Crippen LogP contribution in [0.15, 0.2) is 71.2 Å². The average Bonchev–Trinajstić information content (AvgIpc) is 2.94. The van der Waals surface area contributed by atoms with Crippen LogP contribution in [0.5, 0.6) is 11.5 Å². The van der Waals surface area contributed by atoms with Crippen molar-refractivity contribution in [3.05, 3.63) is 87.9 Å². The number of methoxy groups -OCH3 is 2. The Balaban J connectivity index is 1.88. The lowest BCUT2D eigenvalue weighted by molar-refractivity contribution is -0.117. The number of carbonyl (C=O) groups excluding carboxylic acids is 2. The number of fused-ring (bicyclic) bond motifs is 1. The van der Waals surface area contributed by atoms with Gasteiger partial charge >= 0.3 is 0 Å². The van der Waals surface area contributed by atoms with Gasteiger partial charge in [0.1, 0.15) is 18.0 Å². The van der Waals surface area contributed by atoms with E-state index in [0.717, 1.165) is 15.6 Å². The van der Waals surface area contributed by atoms with Crippen LogP contribution in [0.4, 0.5) is 5.69 Å². The molecule has 3 aromatic rings. The predicted octanol–water partition coefficient (Wildman–Crippen LogP) is 4.65. The van der Waals surface area contributed by atoms with Gasteiger partial charge < -0.3 is 19.7 Å². The second kappa shape index (κ2) is 8.81. The SMILES string of the molecule is COc1cc(OC)cc(C(=O)N2CC(=O)Nc3ccc(Br)cc3[C@@H]2c2ccccc2)c1. The molecule has 0 unspecified atom stereocenters. The van der Waals surface area contributed by atoms with E-state index >= 15 is 0 Å². The molecular formula is C24H21BrN2O4. The molecule has 0 saturated carbocycles. The number of anilines is 1. The number of halogens is 1. The largest absolute Gasteiger partial charge is 0.497 e. The van der Waals surface area contributed by atoms with Gasteiger partial charge in [-0.15, -0.1) is 0 Å². The molecule has 0 bridgehead atoms. The van der Waals surface area contributed by atoms with Crippen molar-refractivity contribution in [1.29, 1.82) is 0 Å². The molecule has 1 aliphatic rings. The van der Waals surface area contributed by atoms with Crippen LogP contribution in [-0.2, 0) is 4.79 Å². The van der Waals surface area contributed by atoms with Gasteiger partial charge in [0.15, 0.2) is 0 Å². The summed E-state index contributed by atoms with van der Waals surface area (Å²) in [6, 6.07) is 19.9. The third-order valence-electron chi connectivity index (χ3n) is 5.18. The van der Waals surface area contributed by atoms with Gasteiger partial charge in [-0.05, 0) is 35.9 Å². The molecule has 0 aromatic heterocycles. The summed E-state index contributed by atoms with van der Waals surface area (Å²) in [5.74, 6) is 0.446. The van der Waals surface area contributed by atoms with Crippen molar-refractivity contribution in [2.75, 3.05) is 26.1 Å². The van der Waals surface area contributed by atoms with Gasteiger partial charge in [-0.25, -0.2) is 0 Å². The van der Waals surface area contributed by atoms with Crippen molar-refractivity contribution in [2.24, 2.45) is 0 Å². The number of benzene rings is 3. The fourth-order valence-corrected chi connectivity index (χ4v) is 4.14. The monoisotopic (exact) mass is 480 g/mol. The summed E-state index contributed by atoms with van der Waals surface area (Å²) in [6.45, 7) is -0.0930. The van der Waals surface area contributed by atoms with Crippen molar-refractivity contribution in [1.82, 2.24) is 4.90 Å². The van der Waals surface area contributed by atoms with E-state index < -0.39 is 6.04 Å². The van der Waals surface area contributed by atoms with E-state index in [1.807, 2.05) is 48.5 Å². The zero-order chi connectivity index (χ0) is 22.0. The summed E-state index contributed by atoms with van der Waals surface area (Å²) < 4.78 is 11.5. The van der Waals surface area contributed by atoms with E-state index in [-0.39, 0.29) is 18.4 Å². The van der Waals surface area contributed by atoms with Crippen LogP contribution >= 0.6 is 15.9 Å². The van der Waals surface area contributed by atoms with E-state index in [0.29, 0.717) is 22.7 Å². The van der Waals surface area contributed by atoms with Gasteiger partial charge in [0.25, 0.3) is 5.91 Å². The van der Waals surface area contributed by atoms with Crippen molar-refractivity contribution >= 4 is 33.4 Å². The number of nitrogens with zero attached hydrogens (tertiary/aromatic N) is 1. The Bertz CT molecular complexity index is 1110. The normalized spacial score (nSPS) is 15.5. The molecule has 0 radical (unpaired) electrons. The van der Waals surface area contributed by atoms with Gasteiger partial charge in [-0.2, -0.15) is 0 Å². The second-order valence-corrected chi connectivity index (χ2v) is 8.04. The Morgan fingerprint density at radius 1 is 1.00 bits per heavy atom. The molecule has 1 aliphatic heterocycles. The van der Waals surface area contributed by atoms with Gasteiger partial charge in [-0.3, -0.25) is 9.59 Å². The Kier molecular flexibility index (Phi) is 5.95. The molecule has 1 N–H and O–H groups in total. The van der Waals surface area contributed by atoms with Crippen LogP contribution in [0.1, 0.15) is 27.5 Å². The molecule has 158 valence electrons. The van der Waals surface area contributed by atoms with Gasteiger partial charge in [0.05, 0.1) is 20.3 Å². The number of nitrogens with one attached hydrogen (secondary N) is 1. The van der Waals surface area contributed by atoms with Crippen LogP contribution < -0.4 is 14.8 Å². The standard InChI is InChI=1S/C24H21BrN2O4/c1-30-18-10-16(11-19(13-18)31-2)24(29)27-14-22(28)26-21-9-8-17(25)12-20(21)23(27)15-6-4-3-5-7-15/h3-13,23H,14H2,1-2H3,(H,26,28)/t23-/m0/s1. The molecule has 0 aliphatic carbocycles. The molecule has 31 heavy (non-hydrogen) atoms. The van der Waals surface area contributed by atoms with Gasteiger partial charge in [-0.1, -0.05) is 46.3 Å². The number of hydrogen-bond acceptors (Lipinski definition) is 4. The first-order valence-electron chi connectivity index (χ1n) is 9.68. The lowest BCUT2D eigenvalue weighted by atomic mass is 9.95. The Hall–Kier alpha value is -3.32. The number of hydrogen-bond donors (Lipinski definition) is 1. The highest BCUT2D eigenvalue weighted by molar-refractivity contribution is 9.10. The number of amides is 2. The second-order valence-electron chi connectivity index (χ2n) is 7.13. The van der Waals surface area contributed by atoms with Crippen molar-refractivity contribution in [2.45, 2.75) is 6.04 Å². The Morgan fingerprint density at radius 3 is 2.32 bits per heavy atom. The maximum atomic E-state index is 13.7. The summed E-state index contributed by atoms with van der Waals surface area (Å²) in [4.78, 5) is 28.1. The topological polar surface area (TPSA) is 67.9 Å². The number of rotatable bonds is 4. The molecule has 0 spiro atoms. The fraction of sp³-hybridized carbons (Fsp3) is 0.167. The maximum Gasteiger partial charge on any atom is 0.255 e. The minimum Gasteiger partial charge on any atom is -0.497 e. The Labute approximate surface area is 188 Å². The third-order valence-corrected chi connectivity index (χ3v) is 5.68. The highest BCUT2D eigenvalue weighted by atomic mass is 79.9. The molecule has 0 saturated heterocycles. The van der Waals surface area contributed by atoms with E-state index in [1.165, 1.54) is 14.2 Å². The third kappa shape index (κ3) is 4.27. The van der Waals surface area contributed by atoms with Crippen LogP contribution in [0.2, 0.25) is 0 Å². The molecule has 1 atom stereocenters. The minimum atomic E-state index is -0.461. The van der Waals surface area contributed by atoms with Gasteiger partial charge in [0, 0.05) is 27.4 Å². The van der Waals surface area contributed by atoms with Crippen molar-refractivity contribution in [3.63, 3.8) is 0 Å². The Morgan fingerprint density at radius 2 is 1.68 bits per heavy atom. The highest BCUT2D eigenvalue weighted by Gasteiger charge is 2.34. The molecular weight excluding hydrogens is 460 g/mol. The highest BCUT2D eigenvalue weighted by Crippen LogP contribution is 2.38. The van der Waals surface area contributed by atoms with E-state index in [4.69, 9.17) is 9.47 Å². The quantitative estimate of drug-likeness (QED) is 0.589. The summed E-state index contributed by atoms with van der Waals surface area (Å²) >= 11 is 3.52. The predicted molar refractivity (Wildman–Crippen MR) is 122 cm³/mol. The smallest absolute Gasteiger partial charge is 0.255 e. The van der Waals surface area contributed by atoms with E-state index in [1.54, 1.807) is 23.1 Å². The van der Waals surface area contributed by atoms with Crippen LogP contribution in [0.3, 0.4) is 0 Å².